The molecule has 1 N–H and O–H groups in total. The van der Waals surface area contributed by atoms with Crippen molar-refractivity contribution in [2.24, 2.45) is 0 Å². The van der Waals surface area contributed by atoms with Gasteiger partial charge in [0, 0.05) is 24.4 Å². The molecular formula is C21H25ClN2O2S. The molecule has 2 rings (SSSR count). The van der Waals surface area contributed by atoms with Crippen LogP contribution in [0.5, 0.6) is 0 Å². The standard InChI is InChI=1S/C21H25ClN2O2S/c1-15-4-6-17(7-5-15)12-24(16(2)21(26)23-3)20(25)14-27-13-18-8-10-19(22)11-9-18/h4-11,16H,12-14H2,1-3H3,(H,23,26)/t16-/m1/s1. The van der Waals surface area contributed by atoms with Gasteiger partial charge in [-0.2, -0.15) is 0 Å². The lowest BCUT2D eigenvalue weighted by atomic mass is 10.1. The van der Waals surface area contributed by atoms with Crippen LogP contribution in [0.3, 0.4) is 0 Å². The quantitative estimate of drug-likeness (QED) is 0.722. The molecule has 1 atom stereocenters. The maximum absolute atomic E-state index is 12.8. The van der Waals surface area contributed by atoms with Gasteiger partial charge in [0.1, 0.15) is 6.04 Å². The summed E-state index contributed by atoms with van der Waals surface area (Å²) in [5.41, 5.74) is 3.28. The van der Waals surface area contributed by atoms with Crippen molar-refractivity contribution in [2.45, 2.75) is 32.2 Å². The zero-order valence-corrected chi connectivity index (χ0v) is 17.4. The molecule has 0 aliphatic rings. The van der Waals surface area contributed by atoms with Gasteiger partial charge in [-0.3, -0.25) is 9.59 Å². The van der Waals surface area contributed by atoms with Crippen molar-refractivity contribution in [2.75, 3.05) is 12.8 Å². The lowest BCUT2D eigenvalue weighted by molar-refractivity contribution is -0.138. The molecule has 144 valence electrons. The Balaban J connectivity index is 2.02. The molecule has 0 bridgehead atoms. The molecule has 0 unspecified atom stereocenters. The van der Waals surface area contributed by atoms with Crippen molar-refractivity contribution in [1.82, 2.24) is 10.2 Å². The predicted octanol–water partition coefficient (Wildman–Crippen LogP) is 4.04. The predicted molar refractivity (Wildman–Crippen MR) is 113 cm³/mol. The highest BCUT2D eigenvalue weighted by Crippen LogP contribution is 2.18. The summed E-state index contributed by atoms with van der Waals surface area (Å²) in [4.78, 5) is 26.6. The average Bonchev–Trinajstić information content (AvgIpc) is 2.67. The fourth-order valence-electron chi connectivity index (χ4n) is 2.60. The molecule has 0 saturated heterocycles. The van der Waals surface area contributed by atoms with E-state index in [0.717, 1.165) is 22.4 Å². The number of carbonyl (C=O) groups excluding carboxylic acids is 2. The van der Waals surface area contributed by atoms with Gasteiger partial charge in [0.2, 0.25) is 11.8 Å². The van der Waals surface area contributed by atoms with Gasteiger partial charge in [-0.15, -0.1) is 11.8 Å². The van der Waals surface area contributed by atoms with Crippen LogP contribution in [0, 0.1) is 6.92 Å². The normalized spacial score (nSPS) is 11.7. The van der Waals surface area contributed by atoms with E-state index in [-0.39, 0.29) is 11.8 Å². The lowest BCUT2D eigenvalue weighted by Gasteiger charge is -2.28. The van der Waals surface area contributed by atoms with Crippen molar-refractivity contribution in [3.63, 3.8) is 0 Å². The van der Waals surface area contributed by atoms with E-state index < -0.39 is 6.04 Å². The highest BCUT2D eigenvalue weighted by molar-refractivity contribution is 7.99. The average molecular weight is 405 g/mol. The van der Waals surface area contributed by atoms with Gasteiger partial charge in [0.05, 0.1) is 5.75 Å². The third-order valence-electron chi connectivity index (χ3n) is 4.29. The lowest BCUT2D eigenvalue weighted by Crippen LogP contribution is -2.47. The summed E-state index contributed by atoms with van der Waals surface area (Å²) in [6, 6.07) is 15.1. The molecule has 2 amide bonds. The maximum atomic E-state index is 12.8. The number of carbonyl (C=O) groups is 2. The monoisotopic (exact) mass is 404 g/mol. The number of aryl methyl sites for hydroxylation is 1. The van der Waals surface area contributed by atoms with Crippen molar-refractivity contribution in [1.29, 1.82) is 0 Å². The summed E-state index contributed by atoms with van der Waals surface area (Å²) < 4.78 is 0. The zero-order chi connectivity index (χ0) is 19.8. The first kappa shape index (κ1) is 21.3. The number of rotatable bonds is 8. The van der Waals surface area contributed by atoms with Crippen LogP contribution >= 0.6 is 23.4 Å². The molecule has 2 aromatic rings. The molecule has 0 spiro atoms. The van der Waals surface area contributed by atoms with Gasteiger partial charge in [-0.05, 0) is 37.1 Å². The molecule has 0 radical (unpaired) electrons. The van der Waals surface area contributed by atoms with Crippen LogP contribution in [0.25, 0.3) is 0 Å². The summed E-state index contributed by atoms with van der Waals surface area (Å²) in [5, 5.41) is 3.33. The summed E-state index contributed by atoms with van der Waals surface area (Å²) in [6.07, 6.45) is 0. The van der Waals surface area contributed by atoms with Crippen molar-refractivity contribution < 1.29 is 9.59 Å². The van der Waals surface area contributed by atoms with Gasteiger partial charge < -0.3 is 10.2 Å². The number of amides is 2. The topological polar surface area (TPSA) is 49.4 Å². The number of nitrogens with zero attached hydrogens (tertiary/aromatic N) is 1. The van der Waals surface area contributed by atoms with Crippen LogP contribution in [-0.2, 0) is 21.9 Å². The van der Waals surface area contributed by atoms with E-state index >= 15 is 0 Å². The molecule has 0 aromatic heterocycles. The van der Waals surface area contributed by atoms with Gasteiger partial charge >= 0.3 is 0 Å². The van der Waals surface area contributed by atoms with Gasteiger partial charge in [0.25, 0.3) is 0 Å². The molecule has 0 heterocycles. The summed E-state index contributed by atoms with van der Waals surface area (Å²) in [7, 11) is 1.59. The Kier molecular flexibility index (Phi) is 8.20. The van der Waals surface area contributed by atoms with Gasteiger partial charge in [-0.25, -0.2) is 0 Å². The summed E-state index contributed by atoms with van der Waals surface area (Å²) in [6.45, 7) is 4.19. The third-order valence-corrected chi connectivity index (χ3v) is 5.54. The highest BCUT2D eigenvalue weighted by Gasteiger charge is 2.25. The maximum Gasteiger partial charge on any atom is 0.242 e. The summed E-state index contributed by atoms with van der Waals surface area (Å²) in [5.74, 6) is 0.814. The second-order valence-corrected chi connectivity index (χ2v) is 7.84. The van der Waals surface area contributed by atoms with Crippen molar-refractivity contribution >= 4 is 35.2 Å². The fraction of sp³-hybridized carbons (Fsp3) is 0.333. The molecule has 0 aliphatic carbocycles. The third kappa shape index (κ3) is 6.60. The molecular weight excluding hydrogens is 380 g/mol. The van der Waals surface area contributed by atoms with E-state index in [9.17, 15) is 9.59 Å². The van der Waals surface area contributed by atoms with E-state index in [4.69, 9.17) is 11.6 Å². The molecule has 2 aromatic carbocycles. The Hall–Kier alpha value is -1.98. The first-order chi connectivity index (χ1) is 12.9. The first-order valence-corrected chi connectivity index (χ1v) is 10.3. The Morgan fingerprint density at radius 2 is 1.67 bits per heavy atom. The van der Waals surface area contributed by atoms with E-state index in [1.807, 2.05) is 55.5 Å². The number of likely N-dealkylation sites (N-methyl/N-ethyl adjacent to an activating group) is 1. The minimum absolute atomic E-state index is 0.0503. The van der Waals surface area contributed by atoms with Crippen molar-refractivity contribution in [3.05, 3.63) is 70.2 Å². The molecule has 0 aliphatic heterocycles. The highest BCUT2D eigenvalue weighted by atomic mass is 35.5. The van der Waals surface area contributed by atoms with E-state index in [1.165, 1.54) is 11.8 Å². The number of thioether (sulfide) groups is 1. The Morgan fingerprint density at radius 3 is 2.26 bits per heavy atom. The van der Waals surface area contributed by atoms with E-state index in [1.54, 1.807) is 18.9 Å². The first-order valence-electron chi connectivity index (χ1n) is 8.79. The van der Waals surface area contributed by atoms with Crippen LogP contribution in [0.1, 0.15) is 23.6 Å². The number of benzene rings is 2. The smallest absolute Gasteiger partial charge is 0.242 e. The number of nitrogens with one attached hydrogen (secondary N) is 1. The fourth-order valence-corrected chi connectivity index (χ4v) is 3.60. The SMILES string of the molecule is CNC(=O)[C@@H](C)N(Cc1ccc(C)cc1)C(=O)CSCc1ccc(Cl)cc1. The number of hydrogen-bond donors (Lipinski definition) is 1. The van der Waals surface area contributed by atoms with E-state index in [0.29, 0.717) is 17.3 Å². The van der Waals surface area contributed by atoms with Crippen LogP contribution in [-0.4, -0.2) is 35.6 Å². The molecule has 27 heavy (non-hydrogen) atoms. The Morgan fingerprint density at radius 1 is 1.07 bits per heavy atom. The molecule has 4 nitrogen and oxygen atoms in total. The zero-order valence-electron chi connectivity index (χ0n) is 15.9. The molecule has 0 fully saturated rings. The van der Waals surface area contributed by atoms with Gasteiger partial charge in [0.15, 0.2) is 0 Å². The minimum Gasteiger partial charge on any atom is -0.357 e. The van der Waals surface area contributed by atoms with Crippen LogP contribution in [0.2, 0.25) is 5.02 Å². The van der Waals surface area contributed by atoms with Crippen LogP contribution in [0.4, 0.5) is 0 Å². The van der Waals surface area contributed by atoms with Crippen LogP contribution < -0.4 is 5.32 Å². The molecule has 6 heteroatoms. The van der Waals surface area contributed by atoms with Gasteiger partial charge in [-0.1, -0.05) is 53.6 Å². The second-order valence-electron chi connectivity index (χ2n) is 6.42. The van der Waals surface area contributed by atoms with Crippen LogP contribution in [0.15, 0.2) is 48.5 Å². The molecule has 0 saturated carbocycles. The Labute approximate surface area is 170 Å². The number of hydrogen-bond acceptors (Lipinski definition) is 3. The number of halogens is 1. The van der Waals surface area contributed by atoms with Crippen molar-refractivity contribution in [3.8, 4) is 0 Å². The largest absolute Gasteiger partial charge is 0.357 e. The second kappa shape index (κ2) is 10.4. The summed E-state index contributed by atoms with van der Waals surface area (Å²) >= 11 is 7.43. The Bertz CT molecular complexity index is 763. The van der Waals surface area contributed by atoms with E-state index in [2.05, 4.69) is 5.32 Å². The minimum atomic E-state index is -0.528.